The van der Waals surface area contributed by atoms with E-state index in [1.807, 2.05) is 40.7 Å². The topological polar surface area (TPSA) is 38.8 Å². The molecule has 7 heteroatoms. The second kappa shape index (κ2) is 7.13. The summed E-state index contributed by atoms with van der Waals surface area (Å²) in [5, 5.41) is 0. The third-order valence-electron chi connectivity index (χ3n) is 7.49. The highest BCUT2D eigenvalue weighted by molar-refractivity contribution is 6.62. The van der Waals surface area contributed by atoms with Crippen LogP contribution in [0.15, 0.2) is 24.3 Å². The van der Waals surface area contributed by atoms with Crippen LogP contribution in [0.3, 0.4) is 0 Å². The van der Waals surface area contributed by atoms with Crippen molar-refractivity contribution in [2.24, 2.45) is 0 Å². The zero-order valence-corrected chi connectivity index (χ0v) is 19.2. The molecule has 168 valence electrons. The van der Waals surface area contributed by atoms with Gasteiger partial charge in [0.25, 0.3) is 5.91 Å². The quantitative estimate of drug-likeness (QED) is 0.654. The fourth-order valence-electron chi connectivity index (χ4n) is 4.65. The summed E-state index contributed by atoms with van der Waals surface area (Å²) in [6.07, 6.45) is 2.67. The minimum Gasteiger partial charge on any atom is -0.399 e. The van der Waals surface area contributed by atoms with Gasteiger partial charge < -0.3 is 14.2 Å². The lowest BCUT2D eigenvalue weighted by Crippen LogP contribution is -2.42. The van der Waals surface area contributed by atoms with Crippen molar-refractivity contribution >= 4 is 24.2 Å². The highest BCUT2D eigenvalue weighted by Crippen LogP contribution is 2.42. The van der Waals surface area contributed by atoms with Crippen LogP contribution >= 0.6 is 0 Å². The van der Waals surface area contributed by atoms with Gasteiger partial charge in [0.1, 0.15) is 11.6 Å². The van der Waals surface area contributed by atoms with Crippen molar-refractivity contribution in [3.05, 3.63) is 58.2 Å². The molecule has 2 fully saturated rings. The van der Waals surface area contributed by atoms with E-state index in [0.29, 0.717) is 35.6 Å². The molecular weight excluding hydrogens is 411 g/mol. The molecule has 0 radical (unpaired) electrons. The third kappa shape index (κ3) is 3.37. The highest BCUT2D eigenvalue weighted by atomic mass is 19.1. The second-order valence-electron chi connectivity index (χ2n) is 10.2. The standard InChI is InChI=1S/C25H28BF2NO3/c1-14-19(26-31-24(2,3)25(4,5)32-26)12-18(27)13-21(14)29-9-8-16-10-17(15-6-7-15)11-20(28)22(16)23(29)30/h10-13,15H,6-9H2,1-5H3. The summed E-state index contributed by atoms with van der Waals surface area (Å²) < 4.78 is 41.9. The number of carbonyl (C=O) groups is 1. The number of halogens is 2. The highest BCUT2D eigenvalue weighted by Gasteiger charge is 2.52. The summed E-state index contributed by atoms with van der Waals surface area (Å²) >= 11 is 0. The summed E-state index contributed by atoms with van der Waals surface area (Å²) in [6, 6.07) is 6.20. The van der Waals surface area contributed by atoms with E-state index in [2.05, 4.69) is 0 Å². The molecule has 2 aromatic rings. The predicted octanol–water partition coefficient (Wildman–Crippen LogP) is 4.65. The fraction of sp³-hybridized carbons (Fsp3) is 0.480. The molecule has 4 nitrogen and oxygen atoms in total. The molecule has 0 unspecified atom stereocenters. The number of hydrogen-bond acceptors (Lipinski definition) is 3. The molecule has 0 N–H and O–H groups in total. The Hall–Kier alpha value is -2.25. The molecule has 0 aromatic heterocycles. The van der Waals surface area contributed by atoms with E-state index in [9.17, 15) is 13.6 Å². The van der Waals surface area contributed by atoms with Gasteiger partial charge in [0.2, 0.25) is 0 Å². The van der Waals surface area contributed by atoms with Crippen LogP contribution in [0, 0.1) is 18.6 Å². The normalized spacial score (nSPS) is 21.8. The Morgan fingerprint density at radius 1 is 1.03 bits per heavy atom. The Labute approximate surface area is 188 Å². The van der Waals surface area contributed by atoms with Crippen molar-refractivity contribution < 1.29 is 22.9 Å². The molecule has 1 saturated carbocycles. The van der Waals surface area contributed by atoms with Crippen LogP contribution < -0.4 is 10.4 Å². The Kier molecular flexibility index (Phi) is 4.81. The van der Waals surface area contributed by atoms with Crippen LogP contribution in [0.5, 0.6) is 0 Å². The summed E-state index contributed by atoms with van der Waals surface area (Å²) in [5.41, 5.74) is 2.34. The maximum absolute atomic E-state index is 15.0. The fourth-order valence-corrected chi connectivity index (χ4v) is 4.65. The number of rotatable bonds is 3. The molecule has 1 saturated heterocycles. The van der Waals surface area contributed by atoms with Crippen molar-refractivity contribution in [3.63, 3.8) is 0 Å². The van der Waals surface area contributed by atoms with E-state index >= 15 is 0 Å². The average molecular weight is 439 g/mol. The first-order valence-corrected chi connectivity index (χ1v) is 11.3. The number of anilines is 1. The van der Waals surface area contributed by atoms with Crippen molar-refractivity contribution in [1.29, 1.82) is 0 Å². The second-order valence-corrected chi connectivity index (χ2v) is 10.2. The van der Waals surface area contributed by atoms with Crippen LogP contribution in [0.1, 0.15) is 73.5 Å². The van der Waals surface area contributed by atoms with Gasteiger partial charge >= 0.3 is 7.12 Å². The Bertz CT molecular complexity index is 1110. The molecule has 0 atom stereocenters. The zero-order valence-electron chi connectivity index (χ0n) is 19.2. The number of carbonyl (C=O) groups excluding carboxylic acids is 1. The van der Waals surface area contributed by atoms with E-state index < -0.39 is 35.9 Å². The monoisotopic (exact) mass is 439 g/mol. The SMILES string of the molecule is Cc1c(B2OC(C)(C)C(C)(C)O2)cc(F)cc1N1CCc2cc(C3CC3)cc(F)c2C1=O. The Morgan fingerprint density at radius 3 is 2.31 bits per heavy atom. The van der Waals surface area contributed by atoms with Crippen molar-refractivity contribution in [3.8, 4) is 0 Å². The van der Waals surface area contributed by atoms with Crippen molar-refractivity contribution in [1.82, 2.24) is 0 Å². The number of fused-ring (bicyclic) bond motifs is 1. The van der Waals surface area contributed by atoms with Crippen molar-refractivity contribution in [2.45, 2.75) is 71.0 Å². The van der Waals surface area contributed by atoms with Crippen LogP contribution in [0.25, 0.3) is 0 Å². The Balaban J connectivity index is 1.52. The molecule has 0 spiro atoms. The number of amides is 1. The first kappa shape index (κ1) is 21.6. The summed E-state index contributed by atoms with van der Waals surface area (Å²) in [5.74, 6) is -0.992. The maximum atomic E-state index is 15.0. The van der Waals surface area contributed by atoms with Gasteiger partial charge in [-0.2, -0.15) is 0 Å². The molecule has 2 aromatic carbocycles. The minimum absolute atomic E-state index is 0.0986. The molecule has 0 bridgehead atoms. The van der Waals surface area contributed by atoms with E-state index in [-0.39, 0.29) is 5.56 Å². The molecular formula is C25H28BF2NO3. The lowest BCUT2D eigenvalue weighted by Gasteiger charge is -2.32. The lowest BCUT2D eigenvalue weighted by atomic mass is 9.75. The zero-order chi connectivity index (χ0) is 23.0. The van der Waals surface area contributed by atoms with Gasteiger partial charge in [-0.1, -0.05) is 6.07 Å². The van der Waals surface area contributed by atoms with Crippen molar-refractivity contribution in [2.75, 3.05) is 11.4 Å². The smallest absolute Gasteiger partial charge is 0.399 e. The molecule has 5 rings (SSSR count). The molecule has 2 heterocycles. The van der Waals surface area contributed by atoms with E-state index in [1.54, 1.807) is 0 Å². The van der Waals surface area contributed by atoms with Crippen LogP contribution in [-0.2, 0) is 15.7 Å². The molecule has 1 amide bonds. The third-order valence-corrected chi connectivity index (χ3v) is 7.49. The molecule has 32 heavy (non-hydrogen) atoms. The average Bonchev–Trinajstić information content (AvgIpc) is 3.51. The van der Waals surface area contributed by atoms with Gasteiger partial charge in [0.15, 0.2) is 0 Å². The molecule has 3 aliphatic rings. The maximum Gasteiger partial charge on any atom is 0.495 e. The summed E-state index contributed by atoms with van der Waals surface area (Å²) in [7, 11) is -0.750. The molecule has 2 aliphatic heterocycles. The van der Waals surface area contributed by atoms with Gasteiger partial charge in [-0.3, -0.25) is 4.79 Å². The minimum atomic E-state index is -0.750. The Morgan fingerprint density at radius 2 is 1.69 bits per heavy atom. The first-order chi connectivity index (χ1) is 15.0. The van der Waals surface area contributed by atoms with Gasteiger partial charge in [0, 0.05) is 12.2 Å². The first-order valence-electron chi connectivity index (χ1n) is 11.3. The van der Waals surface area contributed by atoms with Gasteiger partial charge in [-0.05, 0) is 100 Å². The summed E-state index contributed by atoms with van der Waals surface area (Å²) in [4.78, 5) is 14.8. The number of benzene rings is 2. The van der Waals surface area contributed by atoms with E-state index in [1.165, 1.54) is 23.1 Å². The van der Waals surface area contributed by atoms with Crippen LogP contribution in [-0.4, -0.2) is 30.8 Å². The number of hydrogen-bond donors (Lipinski definition) is 0. The lowest BCUT2D eigenvalue weighted by molar-refractivity contribution is 0.00578. The number of nitrogens with zero attached hydrogens (tertiary/aromatic N) is 1. The largest absolute Gasteiger partial charge is 0.495 e. The van der Waals surface area contributed by atoms with E-state index in [0.717, 1.165) is 24.0 Å². The predicted molar refractivity (Wildman–Crippen MR) is 121 cm³/mol. The van der Waals surface area contributed by atoms with Crippen LogP contribution in [0.2, 0.25) is 0 Å². The van der Waals surface area contributed by atoms with E-state index in [4.69, 9.17) is 9.31 Å². The van der Waals surface area contributed by atoms with Gasteiger partial charge in [0.05, 0.1) is 16.8 Å². The summed E-state index contributed by atoms with van der Waals surface area (Å²) in [6.45, 7) is 9.94. The van der Waals surface area contributed by atoms with Crippen LogP contribution in [0.4, 0.5) is 14.5 Å². The van der Waals surface area contributed by atoms with Gasteiger partial charge in [-0.15, -0.1) is 0 Å². The van der Waals surface area contributed by atoms with Gasteiger partial charge in [-0.25, -0.2) is 8.78 Å². The molecule has 1 aliphatic carbocycles.